The molecule has 0 unspecified atom stereocenters. The van der Waals surface area contributed by atoms with E-state index in [0.717, 1.165) is 18.7 Å². The van der Waals surface area contributed by atoms with Crippen molar-refractivity contribution >= 4 is 17.3 Å². The number of carbonyl (C=O) groups is 1. The van der Waals surface area contributed by atoms with Crippen LogP contribution in [0.4, 0.5) is 11.4 Å². The average Bonchev–Trinajstić information content (AvgIpc) is 2.28. The number of carbonyl (C=O) groups excluding carboxylic acids is 1. The number of amides is 1. The van der Waals surface area contributed by atoms with Gasteiger partial charge in [0.15, 0.2) is 0 Å². The molecule has 0 fully saturated rings. The maximum atomic E-state index is 11.3. The van der Waals surface area contributed by atoms with E-state index < -0.39 is 5.91 Å². The number of benzene rings is 1. The van der Waals surface area contributed by atoms with Gasteiger partial charge in [0.1, 0.15) is 0 Å². The number of rotatable bonds is 6. The van der Waals surface area contributed by atoms with Crippen LogP contribution >= 0.6 is 0 Å². The Morgan fingerprint density at radius 1 is 1.35 bits per heavy atom. The van der Waals surface area contributed by atoms with Crippen molar-refractivity contribution in [1.82, 2.24) is 0 Å². The second-order valence-electron chi connectivity index (χ2n) is 4.27. The third-order valence-electron chi connectivity index (χ3n) is 2.80. The second-order valence-corrected chi connectivity index (χ2v) is 4.27. The Balaban J connectivity index is 2.86. The minimum atomic E-state index is -0.414. The first-order valence-corrected chi connectivity index (χ1v) is 5.96. The Morgan fingerprint density at radius 2 is 2.06 bits per heavy atom. The van der Waals surface area contributed by atoms with Crippen LogP contribution in [0.15, 0.2) is 18.2 Å². The van der Waals surface area contributed by atoms with Crippen molar-refractivity contribution < 1.29 is 4.79 Å². The van der Waals surface area contributed by atoms with E-state index in [1.54, 1.807) is 18.2 Å². The Bertz CT molecular complexity index is 390. The van der Waals surface area contributed by atoms with Gasteiger partial charge < -0.3 is 16.4 Å². The van der Waals surface area contributed by atoms with Crippen LogP contribution in [-0.4, -0.2) is 19.5 Å². The molecule has 0 bridgehead atoms. The van der Waals surface area contributed by atoms with E-state index in [2.05, 4.69) is 6.92 Å². The van der Waals surface area contributed by atoms with Crippen molar-refractivity contribution in [3.05, 3.63) is 23.8 Å². The Kier molecular flexibility index (Phi) is 4.82. The minimum absolute atomic E-state index is 0.414. The molecule has 0 atom stereocenters. The molecule has 0 aliphatic carbocycles. The summed E-state index contributed by atoms with van der Waals surface area (Å²) in [6.45, 7) is 3.06. The summed E-state index contributed by atoms with van der Waals surface area (Å²) in [4.78, 5) is 13.4. The predicted molar refractivity (Wildman–Crippen MR) is 72.2 cm³/mol. The van der Waals surface area contributed by atoms with E-state index in [-0.39, 0.29) is 0 Å². The van der Waals surface area contributed by atoms with Gasteiger partial charge in [-0.15, -0.1) is 0 Å². The fourth-order valence-corrected chi connectivity index (χ4v) is 1.79. The number of unbranched alkanes of at least 4 members (excludes halogenated alkanes) is 2. The molecule has 17 heavy (non-hydrogen) atoms. The van der Waals surface area contributed by atoms with Gasteiger partial charge in [-0.05, 0) is 24.6 Å². The number of hydrogen-bond acceptors (Lipinski definition) is 3. The van der Waals surface area contributed by atoms with Crippen molar-refractivity contribution in [3.8, 4) is 0 Å². The first kappa shape index (κ1) is 13.4. The zero-order chi connectivity index (χ0) is 12.8. The lowest BCUT2D eigenvalue weighted by Gasteiger charge is -2.21. The summed E-state index contributed by atoms with van der Waals surface area (Å²) in [5.41, 5.74) is 13.1. The van der Waals surface area contributed by atoms with Gasteiger partial charge in [0.2, 0.25) is 0 Å². The molecule has 0 aliphatic rings. The summed E-state index contributed by atoms with van der Waals surface area (Å²) in [6, 6.07) is 5.18. The highest BCUT2D eigenvalue weighted by molar-refractivity contribution is 5.99. The van der Waals surface area contributed by atoms with Gasteiger partial charge in [-0.2, -0.15) is 0 Å². The molecule has 0 saturated heterocycles. The van der Waals surface area contributed by atoms with Gasteiger partial charge >= 0.3 is 0 Å². The van der Waals surface area contributed by atoms with Crippen LogP contribution in [-0.2, 0) is 0 Å². The molecule has 4 nitrogen and oxygen atoms in total. The molecule has 4 N–H and O–H groups in total. The zero-order valence-corrected chi connectivity index (χ0v) is 10.6. The second kappa shape index (κ2) is 6.13. The van der Waals surface area contributed by atoms with Gasteiger partial charge in [-0.25, -0.2) is 0 Å². The maximum absolute atomic E-state index is 11.3. The molecular formula is C13H21N3O. The van der Waals surface area contributed by atoms with Gasteiger partial charge in [-0.3, -0.25) is 4.79 Å². The third-order valence-corrected chi connectivity index (χ3v) is 2.80. The molecule has 4 heteroatoms. The number of nitrogens with zero attached hydrogens (tertiary/aromatic N) is 1. The molecule has 0 aromatic heterocycles. The number of nitrogen functional groups attached to an aromatic ring is 1. The smallest absolute Gasteiger partial charge is 0.250 e. The summed E-state index contributed by atoms with van der Waals surface area (Å²) < 4.78 is 0. The minimum Gasteiger partial charge on any atom is -0.399 e. The Labute approximate surface area is 103 Å². The molecule has 0 saturated carbocycles. The average molecular weight is 235 g/mol. The summed E-state index contributed by atoms with van der Waals surface area (Å²) in [6.07, 6.45) is 3.45. The summed E-state index contributed by atoms with van der Waals surface area (Å²) in [5.74, 6) is -0.414. The molecule has 0 heterocycles. The summed E-state index contributed by atoms with van der Waals surface area (Å²) in [5, 5.41) is 0. The van der Waals surface area contributed by atoms with Crippen molar-refractivity contribution in [1.29, 1.82) is 0 Å². The Hall–Kier alpha value is -1.71. The molecule has 1 aromatic rings. The van der Waals surface area contributed by atoms with E-state index >= 15 is 0 Å². The molecule has 1 amide bonds. The van der Waals surface area contributed by atoms with Gasteiger partial charge in [0.05, 0.1) is 11.3 Å². The van der Waals surface area contributed by atoms with Crippen LogP contribution < -0.4 is 16.4 Å². The van der Waals surface area contributed by atoms with Gasteiger partial charge in [0, 0.05) is 19.3 Å². The zero-order valence-electron chi connectivity index (χ0n) is 10.6. The molecule has 1 aromatic carbocycles. The third kappa shape index (κ3) is 3.66. The van der Waals surface area contributed by atoms with E-state index in [1.807, 2.05) is 11.9 Å². The highest BCUT2D eigenvalue weighted by atomic mass is 16.1. The lowest BCUT2D eigenvalue weighted by atomic mass is 10.1. The number of hydrogen-bond donors (Lipinski definition) is 2. The first-order valence-electron chi connectivity index (χ1n) is 5.96. The van der Waals surface area contributed by atoms with E-state index in [9.17, 15) is 4.79 Å². The number of anilines is 2. The number of primary amides is 1. The molecular weight excluding hydrogens is 214 g/mol. The SMILES string of the molecule is CCCCCN(C)c1cc(N)ccc1C(N)=O. The lowest BCUT2D eigenvalue weighted by molar-refractivity contribution is 0.100. The molecule has 0 spiro atoms. The molecule has 1 rings (SSSR count). The van der Waals surface area contributed by atoms with E-state index in [4.69, 9.17) is 11.5 Å². The standard InChI is InChI=1S/C13H21N3O/c1-3-4-5-8-16(2)12-9-10(14)6-7-11(12)13(15)17/h6-7,9H,3-5,8,14H2,1-2H3,(H2,15,17). The van der Waals surface area contributed by atoms with Crippen LogP contribution in [0.25, 0.3) is 0 Å². The van der Waals surface area contributed by atoms with Crippen LogP contribution in [0.1, 0.15) is 36.5 Å². The van der Waals surface area contributed by atoms with Gasteiger partial charge in [-0.1, -0.05) is 19.8 Å². The fourth-order valence-electron chi connectivity index (χ4n) is 1.79. The van der Waals surface area contributed by atoms with Gasteiger partial charge in [0.25, 0.3) is 5.91 Å². The lowest BCUT2D eigenvalue weighted by Crippen LogP contribution is -2.23. The Morgan fingerprint density at radius 3 is 2.65 bits per heavy atom. The quantitative estimate of drug-likeness (QED) is 0.585. The van der Waals surface area contributed by atoms with E-state index in [1.165, 1.54) is 12.8 Å². The predicted octanol–water partition coefficient (Wildman–Crippen LogP) is 1.99. The van der Waals surface area contributed by atoms with Crippen molar-refractivity contribution in [2.45, 2.75) is 26.2 Å². The highest BCUT2D eigenvalue weighted by Crippen LogP contribution is 2.22. The monoisotopic (exact) mass is 235 g/mol. The normalized spacial score (nSPS) is 10.2. The van der Waals surface area contributed by atoms with E-state index in [0.29, 0.717) is 11.3 Å². The van der Waals surface area contributed by atoms with Crippen LogP contribution in [0.3, 0.4) is 0 Å². The molecule has 94 valence electrons. The molecule has 0 aliphatic heterocycles. The van der Waals surface area contributed by atoms with Crippen LogP contribution in [0.5, 0.6) is 0 Å². The maximum Gasteiger partial charge on any atom is 0.250 e. The van der Waals surface area contributed by atoms with Crippen LogP contribution in [0, 0.1) is 0 Å². The summed E-state index contributed by atoms with van der Waals surface area (Å²) in [7, 11) is 1.96. The van der Waals surface area contributed by atoms with Crippen molar-refractivity contribution in [2.75, 3.05) is 24.2 Å². The topological polar surface area (TPSA) is 72.3 Å². The fraction of sp³-hybridized carbons (Fsp3) is 0.462. The first-order chi connectivity index (χ1) is 8.06. The number of nitrogens with two attached hydrogens (primary N) is 2. The van der Waals surface area contributed by atoms with Crippen LogP contribution in [0.2, 0.25) is 0 Å². The van der Waals surface area contributed by atoms with Crippen molar-refractivity contribution in [3.63, 3.8) is 0 Å². The largest absolute Gasteiger partial charge is 0.399 e. The highest BCUT2D eigenvalue weighted by Gasteiger charge is 2.11. The summed E-state index contributed by atoms with van der Waals surface area (Å²) >= 11 is 0. The van der Waals surface area contributed by atoms with Crippen molar-refractivity contribution in [2.24, 2.45) is 5.73 Å². The molecule has 0 radical (unpaired) electrons.